The molecule has 0 saturated heterocycles. The summed E-state index contributed by atoms with van der Waals surface area (Å²) in [5.74, 6) is 0. The van der Waals surface area contributed by atoms with Crippen LogP contribution in [0.4, 0.5) is 0 Å². The number of rotatable bonds is 18. The van der Waals surface area contributed by atoms with Crippen molar-refractivity contribution in [3.63, 3.8) is 0 Å². The topological polar surface area (TPSA) is 55.4 Å². The molecule has 1 radical (unpaired) electrons. The summed E-state index contributed by atoms with van der Waals surface area (Å²) in [7, 11) is -5.36. The van der Waals surface area contributed by atoms with Crippen LogP contribution in [-0.4, -0.2) is 57.3 Å². The van der Waals surface area contributed by atoms with Gasteiger partial charge < -0.3 is 26.6 Å². The maximum absolute atomic E-state index is 6.06. The average Bonchev–Trinajstić information content (AvgIpc) is 2.60. The van der Waals surface area contributed by atoms with E-state index in [-0.39, 0.29) is 5.54 Å². The van der Waals surface area contributed by atoms with Crippen molar-refractivity contribution >= 4 is 17.6 Å². The van der Waals surface area contributed by atoms with Crippen LogP contribution < -0.4 is 0 Å². The van der Waals surface area contributed by atoms with E-state index >= 15 is 0 Å². The van der Waals surface area contributed by atoms with Gasteiger partial charge in [0, 0.05) is 51.2 Å². The smallest absolute Gasteiger partial charge is 0.374 e. The molecule has 0 bridgehead atoms. The van der Waals surface area contributed by atoms with Crippen molar-refractivity contribution in [2.24, 2.45) is 0 Å². The van der Waals surface area contributed by atoms with Crippen molar-refractivity contribution in [2.45, 2.75) is 72.4 Å². The minimum Gasteiger partial charge on any atom is -0.374 e. The van der Waals surface area contributed by atoms with Crippen LogP contribution in [0.5, 0.6) is 0 Å². The van der Waals surface area contributed by atoms with Crippen LogP contribution in [0.25, 0.3) is 0 Å². The first-order valence-corrected chi connectivity index (χ1v) is 13.9. The molecule has 0 aliphatic carbocycles. The van der Waals surface area contributed by atoms with Gasteiger partial charge in [-0.15, -0.1) is 0 Å². The van der Waals surface area contributed by atoms with Crippen molar-refractivity contribution in [3.05, 3.63) is 6.92 Å². The van der Waals surface area contributed by atoms with Gasteiger partial charge >= 0.3 is 17.6 Å². The Balaban J connectivity index is 5.09. The minimum absolute atomic E-state index is 0.166. The molecule has 1 unspecified atom stereocenters. The fraction of sp³-hybridized carbons (Fsp3) is 0.944. The summed E-state index contributed by atoms with van der Waals surface area (Å²) in [5.41, 5.74) is 0.166. The fourth-order valence-corrected chi connectivity index (χ4v) is 8.86. The van der Waals surface area contributed by atoms with Crippen LogP contribution in [0.15, 0.2) is 0 Å². The summed E-state index contributed by atoms with van der Waals surface area (Å²) in [4.78, 5) is 0. The van der Waals surface area contributed by atoms with E-state index in [1.807, 2.05) is 41.5 Å². The first kappa shape index (κ1) is 26.2. The van der Waals surface area contributed by atoms with E-state index in [0.717, 1.165) is 25.3 Å². The molecule has 0 aliphatic rings. The molecule has 6 nitrogen and oxygen atoms in total. The monoisotopic (exact) mass is 409 g/mol. The molecule has 0 aromatic carbocycles. The predicted octanol–water partition coefficient (Wildman–Crippen LogP) is 4.46. The highest BCUT2D eigenvalue weighted by atomic mass is 28.4. The Kier molecular flexibility index (Phi) is 15.3. The van der Waals surface area contributed by atoms with Gasteiger partial charge in [-0.2, -0.15) is 0 Å². The van der Waals surface area contributed by atoms with Gasteiger partial charge in [0.05, 0.1) is 0 Å². The van der Waals surface area contributed by atoms with Crippen molar-refractivity contribution in [1.82, 2.24) is 0 Å². The van der Waals surface area contributed by atoms with Crippen LogP contribution in [-0.2, 0) is 26.6 Å². The van der Waals surface area contributed by atoms with Gasteiger partial charge in [0.1, 0.15) is 0 Å². The Labute approximate surface area is 163 Å². The normalized spacial score (nSPS) is 14.0. The highest BCUT2D eigenvalue weighted by Crippen LogP contribution is 2.35. The van der Waals surface area contributed by atoms with E-state index in [4.69, 9.17) is 26.6 Å². The molecule has 0 rings (SSSR count). The molecule has 0 aromatic heterocycles. The molecule has 0 saturated carbocycles. The summed E-state index contributed by atoms with van der Waals surface area (Å²) >= 11 is 0. The first-order valence-electron chi connectivity index (χ1n) is 10.2. The second-order valence-corrected chi connectivity index (χ2v) is 11.4. The molecular weight excluding hydrogens is 368 g/mol. The number of hydrogen-bond donors (Lipinski definition) is 0. The van der Waals surface area contributed by atoms with Gasteiger partial charge in [-0.1, -0.05) is 6.92 Å². The van der Waals surface area contributed by atoms with Crippen LogP contribution in [0.1, 0.15) is 60.8 Å². The first-order chi connectivity index (χ1) is 12.5. The van der Waals surface area contributed by atoms with Gasteiger partial charge in [-0.05, 0) is 60.8 Å². The molecule has 26 heavy (non-hydrogen) atoms. The molecule has 8 heteroatoms. The van der Waals surface area contributed by atoms with E-state index in [0.29, 0.717) is 39.6 Å². The minimum atomic E-state index is -2.75. The van der Waals surface area contributed by atoms with Crippen molar-refractivity contribution in [3.8, 4) is 0 Å². The van der Waals surface area contributed by atoms with E-state index in [1.165, 1.54) is 0 Å². The highest BCUT2D eigenvalue weighted by Gasteiger charge is 2.48. The lowest BCUT2D eigenvalue weighted by atomic mass is 10.2. The lowest BCUT2D eigenvalue weighted by Gasteiger charge is -2.35. The molecule has 0 amide bonds. The molecule has 0 aromatic rings. The quantitative estimate of drug-likeness (QED) is 0.312. The lowest BCUT2D eigenvalue weighted by Crippen LogP contribution is -2.50. The van der Waals surface area contributed by atoms with Gasteiger partial charge in [0.15, 0.2) is 0 Å². The summed E-state index contributed by atoms with van der Waals surface area (Å²) in [6, 6.07) is 0.786. The predicted molar refractivity (Wildman–Crippen MR) is 109 cm³/mol. The SMILES string of the molecule is [CH2]CC(CCC[Si](OCC)(OCC)OCC)[Si](OCC)(OCC)OCC. The van der Waals surface area contributed by atoms with E-state index in [2.05, 4.69) is 6.92 Å². The van der Waals surface area contributed by atoms with Crippen LogP contribution in [0, 0.1) is 6.92 Å². The van der Waals surface area contributed by atoms with Gasteiger partial charge in [-0.25, -0.2) is 0 Å². The third-order valence-corrected chi connectivity index (χ3v) is 10.8. The zero-order valence-corrected chi connectivity index (χ0v) is 19.8. The largest absolute Gasteiger partial charge is 0.504 e. The van der Waals surface area contributed by atoms with Crippen LogP contribution in [0.3, 0.4) is 0 Å². The van der Waals surface area contributed by atoms with Crippen LogP contribution >= 0.6 is 0 Å². The van der Waals surface area contributed by atoms with Crippen molar-refractivity contribution in [2.75, 3.05) is 39.6 Å². The average molecular weight is 410 g/mol. The molecular formula is C18H41O6Si2. The summed E-state index contributed by atoms with van der Waals surface area (Å²) in [5, 5.41) is 0. The molecule has 0 aliphatic heterocycles. The third-order valence-electron chi connectivity index (χ3n) is 4.01. The van der Waals surface area contributed by atoms with E-state index in [1.54, 1.807) is 0 Å². The fourth-order valence-electron chi connectivity index (χ4n) is 3.15. The molecule has 0 fully saturated rings. The second kappa shape index (κ2) is 15.2. The van der Waals surface area contributed by atoms with E-state index < -0.39 is 17.6 Å². The zero-order chi connectivity index (χ0) is 19.9. The Bertz CT molecular complexity index is 299. The van der Waals surface area contributed by atoms with Gasteiger partial charge in [0.25, 0.3) is 0 Å². The maximum atomic E-state index is 6.06. The van der Waals surface area contributed by atoms with Gasteiger partial charge in [0.2, 0.25) is 0 Å². The van der Waals surface area contributed by atoms with Gasteiger partial charge in [-0.3, -0.25) is 0 Å². The summed E-state index contributed by atoms with van der Waals surface area (Å²) in [6.45, 7) is 19.6. The zero-order valence-electron chi connectivity index (χ0n) is 17.8. The Morgan fingerprint density at radius 2 is 1.04 bits per heavy atom. The maximum Gasteiger partial charge on any atom is 0.504 e. The summed E-state index contributed by atoms with van der Waals surface area (Å²) in [6.07, 6.45) is 2.53. The molecule has 1 atom stereocenters. The third kappa shape index (κ3) is 8.47. The highest BCUT2D eigenvalue weighted by molar-refractivity contribution is 6.62. The Hall–Kier alpha value is 0.194. The van der Waals surface area contributed by atoms with E-state index in [9.17, 15) is 0 Å². The molecule has 157 valence electrons. The summed E-state index contributed by atoms with van der Waals surface area (Å²) < 4.78 is 36.0. The van der Waals surface area contributed by atoms with Crippen molar-refractivity contribution in [1.29, 1.82) is 0 Å². The molecule has 0 spiro atoms. The van der Waals surface area contributed by atoms with Crippen molar-refractivity contribution < 1.29 is 26.6 Å². The number of hydrogen-bond acceptors (Lipinski definition) is 6. The lowest BCUT2D eigenvalue weighted by molar-refractivity contribution is 0.0575. The Morgan fingerprint density at radius 3 is 1.35 bits per heavy atom. The second-order valence-electron chi connectivity index (χ2n) is 5.76. The standard InChI is InChI=1S/C18H41O6Si2/c1-8-18(26(22-12-5,23-13-6)24-14-7)16-15-17-25(19-9-2,20-10-3)21-11-4/h18H,1,8-17H2,2-7H3. The molecule has 0 heterocycles. The molecule has 0 N–H and O–H groups in total. The Morgan fingerprint density at radius 1 is 0.654 bits per heavy atom. The van der Waals surface area contributed by atoms with Crippen LogP contribution in [0.2, 0.25) is 11.6 Å².